The van der Waals surface area contributed by atoms with E-state index >= 15 is 0 Å². The highest BCUT2D eigenvalue weighted by molar-refractivity contribution is 5.86. The number of aliphatic hydroxyl groups is 1. The number of ether oxygens (including phenoxy) is 1. The van der Waals surface area contributed by atoms with E-state index in [2.05, 4.69) is 0 Å². The van der Waals surface area contributed by atoms with Gasteiger partial charge in [-0.2, -0.15) is 0 Å². The Morgan fingerprint density at radius 3 is 2.33 bits per heavy atom. The number of carbonyl (C=O) groups is 2. The minimum atomic E-state index is -0.838. The van der Waals surface area contributed by atoms with Gasteiger partial charge in [-0.15, -0.1) is 0 Å². The summed E-state index contributed by atoms with van der Waals surface area (Å²) in [5.74, 6) is -0.286. The van der Waals surface area contributed by atoms with Crippen molar-refractivity contribution in [3.8, 4) is 0 Å². The molecule has 6 heteroatoms. The van der Waals surface area contributed by atoms with Crippen LogP contribution in [0.15, 0.2) is 0 Å². The second-order valence-electron chi connectivity index (χ2n) is 5.71. The van der Waals surface area contributed by atoms with E-state index in [-0.39, 0.29) is 5.91 Å². The molecule has 1 N–H and O–H groups in total. The van der Waals surface area contributed by atoms with Crippen LogP contribution >= 0.6 is 0 Å². The van der Waals surface area contributed by atoms with Gasteiger partial charge in [0.25, 0.3) is 0 Å². The Bertz CT molecular complexity index is 335. The molecule has 1 rings (SSSR count). The molecular weight excluding hydrogens is 236 g/mol. The van der Waals surface area contributed by atoms with Crippen LogP contribution in [0.25, 0.3) is 0 Å². The smallest absolute Gasteiger partial charge is 0.411 e. The van der Waals surface area contributed by atoms with Gasteiger partial charge in [0.05, 0.1) is 6.10 Å². The second kappa shape index (κ2) is 5.14. The fourth-order valence-electron chi connectivity index (χ4n) is 1.86. The van der Waals surface area contributed by atoms with Gasteiger partial charge in [-0.3, -0.25) is 9.69 Å². The zero-order valence-corrected chi connectivity index (χ0v) is 11.6. The van der Waals surface area contributed by atoms with Crippen molar-refractivity contribution in [2.24, 2.45) is 0 Å². The summed E-state index contributed by atoms with van der Waals surface area (Å²) in [5, 5.41) is 9.83. The van der Waals surface area contributed by atoms with Crippen LogP contribution < -0.4 is 0 Å². The van der Waals surface area contributed by atoms with Crippen LogP contribution in [0, 0.1) is 0 Å². The van der Waals surface area contributed by atoms with Crippen LogP contribution in [-0.2, 0) is 9.53 Å². The molecule has 0 spiro atoms. The van der Waals surface area contributed by atoms with Crippen molar-refractivity contribution in [2.75, 3.05) is 20.6 Å². The van der Waals surface area contributed by atoms with Crippen molar-refractivity contribution in [2.45, 2.75) is 44.9 Å². The number of nitrogens with zero attached hydrogens (tertiary/aromatic N) is 2. The maximum absolute atomic E-state index is 12.0. The van der Waals surface area contributed by atoms with Crippen LogP contribution in [0.2, 0.25) is 0 Å². The lowest BCUT2D eigenvalue weighted by molar-refractivity contribution is -0.136. The van der Waals surface area contributed by atoms with E-state index in [1.165, 1.54) is 9.80 Å². The van der Waals surface area contributed by atoms with E-state index in [4.69, 9.17) is 4.74 Å². The fraction of sp³-hybridized carbons (Fsp3) is 0.833. The van der Waals surface area contributed by atoms with Gasteiger partial charge in [0.15, 0.2) is 0 Å². The monoisotopic (exact) mass is 258 g/mol. The minimum absolute atomic E-state index is 0.286. The summed E-state index contributed by atoms with van der Waals surface area (Å²) >= 11 is 0. The number of amides is 2. The molecule has 1 heterocycles. The highest BCUT2D eigenvalue weighted by Crippen LogP contribution is 2.22. The van der Waals surface area contributed by atoms with Gasteiger partial charge in [0, 0.05) is 20.6 Å². The van der Waals surface area contributed by atoms with Gasteiger partial charge in [-0.05, 0) is 27.2 Å². The summed E-state index contributed by atoms with van der Waals surface area (Å²) in [6, 6.07) is -0.838. The lowest BCUT2D eigenvalue weighted by Gasteiger charge is -2.30. The molecule has 18 heavy (non-hydrogen) atoms. The number of carbonyl (C=O) groups excluding carboxylic acids is 2. The third-order valence-electron chi connectivity index (χ3n) is 2.69. The van der Waals surface area contributed by atoms with E-state index in [1.54, 1.807) is 34.9 Å². The van der Waals surface area contributed by atoms with Gasteiger partial charge < -0.3 is 14.7 Å². The van der Waals surface area contributed by atoms with Crippen molar-refractivity contribution in [3.05, 3.63) is 0 Å². The zero-order valence-electron chi connectivity index (χ0n) is 11.6. The highest BCUT2D eigenvalue weighted by atomic mass is 16.6. The quantitative estimate of drug-likeness (QED) is 0.741. The number of aliphatic hydroxyl groups excluding tert-OH is 1. The third kappa shape index (κ3) is 3.35. The van der Waals surface area contributed by atoms with Gasteiger partial charge in [-0.25, -0.2) is 4.79 Å². The Labute approximate surface area is 107 Å². The Morgan fingerprint density at radius 2 is 1.89 bits per heavy atom. The van der Waals surface area contributed by atoms with Gasteiger partial charge >= 0.3 is 6.09 Å². The van der Waals surface area contributed by atoms with Gasteiger partial charge in [0.1, 0.15) is 11.6 Å². The van der Waals surface area contributed by atoms with Crippen LogP contribution in [0.1, 0.15) is 27.2 Å². The molecular formula is C12H22N2O4. The molecule has 6 nitrogen and oxygen atoms in total. The summed E-state index contributed by atoms with van der Waals surface area (Å²) in [4.78, 5) is 26.6. The summed E-state index contributed by atoms with van der Waals surface area (Å²) in [6.45, 7) is 5.63. The molecule has 104 valence electrons. The van der Waals surface area contributed by atoms with E-state index in [0.717, 1.165) is 0 Å². The molecule has 0 unspecified atom stereocenters. The van der Waals surface area contributed by atoms with E-state index in [0.29, 0.717) is 13.0 Å². The predicted octanol–water partition coefficient (Wildman–Crippen LogP) is 0.445. The Morgan fingerprint density at radius 1 is 1.33 bits per heavy atom. The Balaban J connectivity index is 2.81. The largest absolute Gasteiger partial charge is 0.444 e. The predicted molar refractivity (Wildman–Crippen MR) is 66.0 cm³/mol. The number of likely N-dealkylation sites (tertiary alicyclic amines) is 1. The Kier molecular flexibility index (Phi) is 4.21. The van der Waals surface area contributed by atoms with Crippen LogP contribution in [0.4, 0.5) is 4.79 Å². The molecule has 0 aromatic heterocycles. The zero-order chi connectivity index (χ0) is 14.1. The van der Waals surface area contributed by atoms with Crippen molar-refractivity contribution >= 4 is 12.0 Å². The first-order chi connectivity index (χ1) is 8.13. The van der Waals surface area contributed by atoms with Crippen molar-refractivity contribution in [3.63, 3.8) is 0 Å². The minimum Gasteiger partial charge on any atom is -0.444 e. The molecule has 1 fully saturated rings. The van der Waals surface area contributed by atoms with E-state index < -0.39 is 23.8 Å². The van der Waals surface area contributed by atoms with Gasteiger partial charge in [0.2, 0.25) is 5.91 Å². The molecule has 0 aromatic carbocycles. The van der Waals surface area contributed by atoms with Crippen molar-refractivity contribution in [1.82, 2.24) is 9.80 Å². The first kappa shape index (κ1) is 14.8. The first-order valence-electron chi connectivity index (χ1n) is 6.02. The fourth-order valence-corrected chi connectivity index (χ4v) is 1.86. The number of hydrogen-bond acceptors (Lipinski definition) is 4. The second-order valence-corrected chi connectivity index (χ2v) is 5.71. The topological polar surface area (TPSA) is 70.1 Å². The lowest BCUT2D eigenvalue weighted by atomic mass is 10.1. The molecule has 1 aliphatic heterocycles. The standard InChI is InChI=1S/C12H22N2O4/c1-12(2,3)18-11(17)14-7-6-8(15)9(14)10(16)13(4)5/h8-9,15H,6-7H2,1-5H3/t8-,9-/m0/s1. The molecule has 0 bridgehead atoms. The Hall–Kier alpha value is -1.30. The molecule has 1 saturated heterocycles. The number of rotatable bonds is 1. The summed E-state index contributed by atoms with van der Waals surface area (Å²) in [6.07, 6.45) is -0.990. The van der Waals surface area contributed by atoms with Crippen LogP contribution in [0.3, 0.4) is 0 Å². The molecule has 0 aromatic rings. The summed E-state index contributed by atoms with van der Waals surface area (Å²) < 4.78 is 5.24. The van der Waals surface area contributed by atoms with E-state index in [1.807, 2.05) is 0 Å². The maximum Gasteiger partial charge on any atom is 0.411 e. The molecule has 0 saturated carbocycles. The van der Waals surface area contributed by atoms with Gasteiger partial charge in [-0.1, -0.05) is 0 Å². The normalized spacial score (nSPS) is 24.0. The molecule has 2 atom stereocenters. The maximum atomic E-state index is 12.0. The first-order valence-corrected chi connectivity index (χ1v) is 6.02. The van der Waals surface area contributed by atoms with E-state index in [9.17, 15) is 14.7 Å². The van der Waals surface area contributed by atoms with Crippen LogP contribution in [-0.4, -0.2) is 65.3 Å². The molecule has 0 aliphatic carbocycles. The summed E-state index contributed by atoms with van der Waals surface area (Å²) in [7, 11) is 3.20. The van der Waals surface area contributed by atoms with Crippen LogP contribution in [0.5, 0.6) is 0 Å². The summed E-state index contributed by atoms with van der Waals surface area (Å²) in [5.41, 5.74) is -0.615. The van der Waals surface area contributed by atoms with Crippen molar-refractivity contribution < 1.29 is 19.4 Å². The SMILES string of the molecule is CN(C)C(=O)[C@@H]1[C@@H](O)CCN1C(=O)OC(C)(C)C. The molecule has 1 aliphatic rings. The lowest BCUT2D eigenvalue weighted by Crippen LogP contribution is -2.50. The highest BCUT2D eigenvalue weighted by Gasteiger charge is 2.43. The molecule has 2 amide bonds. The average molecular weight is 258 g/mol. The average Bonchev–Trinajstić information content (AvgIpc) is 2.56. The van der Waals surface area contributed by atoms with Crippen molar-refractivity contribution in [1.29, 1.82) is 0 Å². The third-order valence-corrected chi connectivity index (χ3v) is 2.69. The number of likely N-dealkylation sites (N-methyl/N-ethyl adjacent to an activating group) is 1. The molecule has 0 radical (unpaired) electrons. The number of hydrogen-bond donors (Lipinski definition) is 1.